The van der Waals surface area contributed by atoms with Crippen LogP contribution in [-0.4, -0.2) is 50.7 Å². The number of carbonyl (C=O) groups is 1. The molecule has 1 N–H and O–H groups in total. The number of thioether (sulfide) groups is 1. The van der Waals surface area contributed by atoms with Crippen molar-refractivity contribution < 1.29 is 13.9 Å². The first-order valence-corrected chi connectivity index (χ1v) is 10.2. The third-order valence-electron chi connectivity index (χ3n) is 4.41. The van der Waals surface area contributed by atoms with E-state index in [0.717, 1.165) is 30.8 Å². The van der Waals surface area contributed by atoms with Crippen LogP contribution in [0.3, 0.4) is 0 Å². The summed E-state index contributed by atoms with van der Waals surface area (Å²) in [5.41, 5.74) is 0.858. The molecule has 146 valence electrons. The second-order valence-electron chi connectivity index (χ2n) is 6.44. The number of amides is 1. The zero-order valence-electron chi connectivity index (χ0n) is 15.3. The van der Waals surface area contributed by atoms with Gasteiger partial charge in [0.2, 0.25) is 5.91 Å². The number of ether oxygens (including phenoxy) is 1. The van der Waals surface area contributed by atoms with Crippen LogP contribution in [0.25, 0.3) is 11.4 Å². The molecule has 0 spiro atoms. The van der Waals surface area contributed by atoms with Gasteiger partial charge in [0.25, 0.3) is 0 Å². The third kappa shape index (κ3) is 4.60. The average Bonchev–Trinajstić information content (AvgIpc) is 3.48. The summed E-state index contributed by atoms with van der Waals surface area (Å²) in [4.78, 5) is 16.4. The molecule has 1 amide bonds. The monoisotopic (exact) mass is 399 g/mol. The van der Waals surface area contributed by atoms with Crippen molar-refractivity contribution >= 4 is 17.7 Å². The van der Waals surface area contributed by atoms with Gasteiger partial charge in [-0.2, -0.15) is 0 Å². The minimum Gasteiger partial charge on any atom is -0.467 e. The van der Waals surface area contributed by atoms with Gasteiger partial charge in [-0.15, -0.1) is 10.2 Å². The second kappa shape index (κ2) is 9.03. The van der Waals surface area contributed by atoms with E-state index in [4.69, 9.17) is 9.15 Å². The maximum absolute atomic E-state index is 12.2. The second-order valence-corrected chi connectivity index (χ2v) is 7.38. The third-order valence-corrected chi connectivity index (χ3v) is 5.38. The summed E-state index contributed by atoms with van der Waals surface area (Å²) < 4.78 is 12.9. The topological polar surface area (TPSA) is 95.1 Å². The number of rotatable bonds is 8. The van der Waals surface area contributed by atoms with Gasteiger partial charge >= 0.3 is 0 Å². The first-order chi connectivity index (χ1) is 13.8. The highest BCUT2D eigenvalue weighted by atomic mass is 32.2. The first-order valence-electron chi connectivity index (χ1n) is 9.16. The lowest BCUT2D eigenvalue weighted by molar-refractivity contribution is -0.119. The van der Waals surface area contributed by atoms with Crippen LogP contribution in [-0.2, 0) is 16.1 Å². The number of carbonyl (C=O) groups excluding carboxylic acids is 1. The van der Waals surface area contributed by atoms with Gasteiger partial charge in [0.1, 0.15) is 5.76 Å². The van der Waals surface area contributed by atoms with Gasteiger partial charge in [0.05, 0.1) is 24.7 Å². The predicted octanol–water partition coefficient (Wildman–Crippen LogP) is 2.37. The molecule has 0 aromatic carbocycles. The van der Waals surface area contributed by atoms with Crippen molar-refractivity contribution in [2.75, 3.05) is 18.9 Å². The van der Waals surface area contributed by atoms with Gasteiger partial charge in [-0.05, 0) is 37.1 Å². The van der Waals surface area contributed by atoms with Crippen molar-refractivity contribution in [1.29, 1.82) is 0 Å². The molecule has 9 heteroatoms. The Morgan fingerprint density at radius 1 is 1.32 bits per heavy atom. The molecule has 0 aliphatic carbocycles. The van der Waals surface area contributed by atoms with Crippen molar-refractivity contribution in [3.05, 3.63) is 48.7 Å². The molecule has 3 aromatic rings. The van der Waals surface area contributed by atoms with Crippen LogP contribution < -0.4 is 5.32 Å². The summed E-state index contributed by atoms with van der Waals surface area (Å²) in [5.74, 6) is 1.69. The summed E-state index contributed by atoms with van der Waals surface area (Å²) in [6.45, 7) is 1.81. The molecule has 0 saturated carbocycles. The molecule has 1 aliphatic rings. The lowest BCUT2D eigenvalue weighted by Gasteiger charge is -2.11. The van der Waals surface area contributed by atoms with E-state index in [1.54, 1.807) is 18.7 Å². The molecule has 1 atom stereocenters. The summed E-state index contributed by atoms with van der Waals surface area (Å²) in [5, 5.41) is 12.2. The fraction of sp³-hybridized carbons (Fsp3) is 0.368. The number of pyridine rings is 1. The maximum Gasteiger partial charge on any atom is 0.230 e. The van der Waals surface area contributed by atoms with E-state index in [0.29, 0.717) is 24.1 Å². The van der Waals surface area contributed by atoms with Gasteiger partial charge in [0, 0.05) is 31.1 Å². The Morgan fingerprint density at radius 3 is 3.04 bits per heavy atom. The Balaban J connectivity index is 1.45. The fourth-order valence-corrected chi connectivity index (χ4v) is 3.79. The molecule has 1 aliphatic heterocycles. The molecule has 28 heavy (non-hydrogen) atoms. The Bertz CT molecular complexity index is 892. The van der Waals surface area contributed by atoms with Crippen LogP contribution in [0.4, 0.5) is 0 Å². The Morgan fingerprint density at radius 2 is 2.29 bits per heavy atom. The quantitative estimate of drug-likeness (QED) is 0.581. The van der Waals surface area contributed by atoms with Crippen molar-refractivity contribution in [1.82, 2.24) is 25.1 Å². The number of aromatic nitrogens is 4. The number of hydrogen-bond donors (Lipinski definition) is 1. The van der Waals surface area contributed by atoms with Crippen LogP contribution in [0.2, 0.25) is 0 Å². The van der Waals surface area contributed by atoms with E-state index in [1.807, 2.05) is 28.8 Å². The van der Waals surface area contributed by atoms with Crippen molar-refractivity contribution in [2.24, 2.45) is 0 Å². The maximum atomic E-state index is 12.2. The fourth-order valence-electron chi connectivity index (χ4n) is 3.02. The Kier molecular flexibility index (Phi) is 6.03. The molecule has 8 nitrogen and oxygen atoms in total. The van der Waals surface area contributed by atoms with E-state index in [1.165, 1.54) is 11.8 Å². The predicted molar refractivity (Wildman–Crippen MR) is 104 cm³/mol. The van der Waals surface area contributed by atoms with Gasteiger partial charge in [-0.3, -0.25) is 14.3 Å². The SMILES string of the molecule is O=C(CSc1nnc(-c2cccnc2)n1Cc1ccco1)NCC1CCCO1. The van der Waals surface area contributed by atoms with Gasteiger partial charge in [-0.25, -0.2) is 0 Å². The van der Waals surface area contributed by atoms with Crippen LogP contribution in [0.15, 0.2) is 52.5 Å². The van der Waals surface area contributed by atoms with Crippen LogP contribution in [0, 0.1) is 0 Å². The van der Waals surface area contributed by atoms with Crippen molar-refractivity contribution in [3.63, 3.8) is 0 Å². The normalized spacial score (nSPS) is 16.4. The van der Waals surface area contributed by atoms with Crippen molar-refractivity contribution in [3.8, 4) is 11.4 Å². The minimum atomic E-state index is -0.0454. The summed E-state index contributed by atoms with van der Waals surface area (Å²) >= 11 is 1.35. The zero-order chi connectivity index (χ0) is 19.2. The summed E-state index contributed by atoms with van der Waals surface area (Å²) in [6, 6.07) is 7.52. The summed E-state index contributed by atoms with van der Waals surface area (Å²) in [7, 11) is 0. The number of furan rings is 1. The van der Waals surface area contributed by atoms with Crippen LogP contribution >= 0.6 is 11.8 Å². The lowest BCUT2D eigenvalue weighted by atomic mass is 10.2. The highest BCUT2D eigenvalue weighted by Gasteiger charge is 2.19. The molecular weight excluding hydrogens is 378 g/mol. The molecule has 1 fully saturated rings. The molecule has 1 saturated heterocycles. The van der Waals surface area contributed by atoms with Gasteiger partial charge < -0.3 is 14.5 Å². The highest BCUT2D eigenvalue weighted by Crippen LogP contribution is 2.24. The molecular formula is C19H21N5O3S. The number of nitrogens with zero attached hydrogens (tertiary/aromatic N) is 4. The molecule has 3 aromatic heterocycles. The van der Waals surface area contributed by atoms with Gasteiger partial charge in [0.15, 0.2) is 11.0 Å². The number of hydrogen-bond acceptors (Lipinski definition) is 7. The standard InChI is InChI=1S/C19H21N5O3S/c25-17(21-11-15-5-2-8-26-15)13-28-19-23-22-18(14-4-1-7-20-10-14)24(19)12-16-6-3-9-27-16/h1,3-4,6-7,9-10,15H,2,5,8,11-13H2,(H,21,25). The van der Waals surface area contributed by atoms with E-state index in [2.05, 4.69) is 20.5 Å². The van der Waals surface area contributed by atoms with Gasteiger partial charge in [-0.1, -0.05) is 11.8 Å². The Labute approximate surface area is 166 Å². The highest BCUT2D eigenvalue weighted by molar-refractivity contribution is 7.99. The molecule has 0 radical (unpaired) electrons. The van der Waals surface area contributed by atoms with E-state index in [9.17, 15) is 4.79 Å². The summed E-state index contributed by atoms with van der Waals surface area (Å²) in [6.07, 6.45) is 7.28. The van der Waals surface area contributed by atoms with E-state index in [-0.39, 0.29) is 17.8 Å². The molecule has 0 bridgehead atoms. The van der Waals surface area contributed by atoms with E-state index < -0.39 is 0 Å². The minimum absolute atomic E-state index is 0.0454. The largest absolute Gasteiger partial charge is 0.467 e. The van der Waals surface area contributed by atoms with Crippen LogP contribution in [0.5, 0.6) is 0 Å². The lowest BCUT2D eigenvalue weighted by Crippen LogP contribution is -2.32. The zero-order valence-corrected chi connectivity index (χ0v) is 16.1. The van der Waals surface area contributed by atoms with E-state index >= 15 is 0 Å². The smallest absolute Gasteiger partial charge is 0.230 e. The number of nitrogens with one attached hydrogen (secondary N) is 1. The average molecular weight is 399 g/mol. The van der Waals surface area contributed by atoms with Crippen LogP contribution in [0.1, 0.15) is 18.6 Å². The Hall–Kier alpha value is -2.65. The van der Waals surface area contributed by atoms with Crippen molar-refractivity contribution in [2.45, 2.75) is 30.6 Å². The molecule has 4 rings (SSSR count). The molecule has 4 heterocycles. The first kappa shape index (κ1) is 18.7. The molecule has 1 unspecified atom stereocenters.